The molecule has 1 atom stereocenters. The number of carbonyl (C=O) groups is 1. The third-order valence-corrected chi connectivity index (χ3v) is 3.43. The van der Waals surface area contributed by atoms with E-state index in [2.05, 4.69) is 22.9 Å². The summed E-state index contributed by atoms with van der Waals surface area (Å²) in [5, 5.41) is 9.46. The van der Waals surface area contributed by atoms with Gasteiger partial charge in [0.2, 0.25) is 0 Å². The van der Waals surface area contributed by atoms with E-state index >= 15 is 0 Å². The highest BCUT2D eigenvalue weighted by molar-refractivity contribution is 9.10. The van der Waals surface area contributed by atoms with Crippen LogP contribution in [0.2, 0.25) is 0 Å². The molecule has 17 heavy (non-hydrogen) atoms. The molecule has 0 bridgehead atoms. The topological polar surface area (TPSA) is 45.5 Å². The monoisotopic (exact) mass is 300 g/mol. The van der Waals surface area contributed by atoms with Crippen LogP contribution >= 0.6 is 15.9 Å². The molecule has 1 N–H and O–H groups in total. The molecule has 0 saturated carbocycles. The number of aryl methyl sites for hydroxylation is 1. The maximum Gasteiger partial charge on any atom is 0.270 e. The minimum Gasteiger partial charge on any atom is -0.391 e. The molecule has 1 aliphatic heterocycles. The second-order valence-corrected chi connectivity index (χ2v) is 5.35. The lowest BCUT2D eigenvalue weighted by Gasteiger charge is -2.16. The second kappa shape index (κ2) is 5.23. The molecule has 1 aromatic heterocycles. The van der Waals surface area contributed by atoms with E-state index in [1.165, 1.54) is 0 Å². The highest BCUT2D eigenvalue weighted by atomic mass is 79.9. The number of likely N-dealkylation sites (tertiary alicyclic amines) is 1. The van der Waals surface area contributed by atoms with Crippen LogP contribution in [0.5, 0.6) is 0 Å². The molecule has 5 heteroatoms. The molecule has 4 nitrogen and oxygen atoms in total. The van der Waals surface area contributed by atoms with Gasteiger partial charge in [0.05, 0.1) is 6.10 Å². The quantitative estimate of drug-likeness (QED) is 0.926. The number of amides is 1. The van der Waals surface area contributed by atoms with Gasteiger partial charge in [-0.15, -0.1) is 0 Å². The van der Waals surface area contributed by atoms with Gasteiger partial charge in [0.25, 0.3) is 5.91 Å². The van der Waals surface area contributed by atoms with Crippen LogP contribution in [0.1, 0.15) is 30.3 Å². The normalized spacial score (nSPS) is 19.9. The molecule has 94 valence electrons. The van der Waals surface area contributed by atoms with E-state index in [-0.39, 0.29) is 12.0 Å². The van der Waals surface area contributed by atoms with E-state index in [0.29, 0.717) is 25.2 Å². The summed E-state index contributed by atoms with van der Waals surface area (Å²) in [4.78, 5) is 14.0. The molecule has 1 saturated heterocycles. The lowest BCUT2D eigenvalue weighted by Crippen LogP contribution is -2.31. The minimum atomic E-state index is -0.364. The first-order valence-electron chi connectivity index (χ1n) is 5.95. The van der Waals surface area contributed by atoms with Crippen LogP contribution in [-0.2, 0) is 6.54 Å². The third-order valence-electron chi connectivity index (χ3n) is 3.00. The van der Waals surface area contributed by atoms with Crippen molar-refractivity contribution in [2.75, 3.05) is 13.1 Å². The zero-order valence-electron chi connectivity index (χ0n) is 9.90. The zero-order valence-corrected chi connectivity index (χ0v) is 11.5. The van der Waals surface area contributed by atoms with Crippen molar-refractivity contribution < 1.29 is 9.90 Å². The number of β-amino-alcohol motifs (C(OH)–C–C–N with tert-alkyl or cyclic N) is 1. The number of hydrogen-bond donors (Lipinski definition) is 1. The Morgan fingerprint density at radius 2 is 2.41 bits per heavy atom. The average molecular weight is 301 g/mol. The molecule has 2 heterocycles. The standard InChI is InChI=1S/C12H17BrN2O2/c1-2-4-14-7-9(13)6-11(14)12(17)15-5-3-10(16)8-15/h6-7,10,16H,2-5,8H2,1H3. The maximum absolute atomic E-state index is 12.3. The van der Waals surface area contributed by atoms with Gasteiger partial charge >= 0.3 is 0 Å². The highest BCUT2D eigenvalue weighted by Gasteiger charge is 2.27. The Morgan fingerprint density at radius 3 is 3.00 bits per heavy atom. The molecule has 1 aliphatic rings. The van der Waals surface area contributed by atoms with Gasteiger partial charge in [-0.25, -0.2) is 0 Å². The molecule has 0 spiro atoms. The zero-order chi connectivity index (χ0) is 12.4. The summed E-state index contributed by atoms with van der Waals surface area (Å²) in [6, 6.07) is 1.85. The summed E-state index contributed by atoms with van der Waals surface area (Å²) in [5.74, 6) is 0.0145. The molecule has 1 unspecified atom stereocenters. The molecular formula is C12H17BrN2O2. The van der Waals surface area contributed by atoms with Gasteiger partial charge in [-0.05, 0) is 34.8 Å². The summed E-state index contributed by atoms with van der Waals surface area (Å²) in [6.07, 6.45) is 3.24. The first kappa shape index (κ1) is 12.6. The number of aliphatic hydroxyl groups excluding tert-OH is 1. The van der Waals surface area contributed by atoms with E-state index in [9.17, 15) is 9.90 Å². The Labute approximate surface area is 109 Å². The first-order chi connectivity index (χ1) is 8.11. The molecular weight excluding hydrogens is 284 g/mol. The number of aromatic nitrogens is 1. The minimum absolute atomic E-state index is 0.0145. The summed E-state index contributed by atoms with van der Waals surface area (Å²) in [5.41, 5.74) is 0.702. The van der Waals surface area contributed by atoms with Crippen molar-refractivity contribution in [3.63, 3.8) is 0 Å². The lowest BCUT2D eigenvalue weighted by molar-refractivity contribution is 0.0754. The second-order valence-electron chi connectivity index (χ2n) is 4.43. The van der Waals surface area contributed by atoms with Gasteiger partial charge in [-0.1, -0.05) is 6.92 Å². The number of nitrogens with zero attached hydrogens (tertiary/aromatic N) is 2. The van der Waals surface area contributed by atoms with Crippen LogP contribution in [-0.4, -0.2) is 39.7 Å². The predicted octanol–water partition coefficient (Wildman–Crippen LogP) is 1.87. The van der Waals surface area contributed by atoms with E-state index < -0.39 is 0 Å². The van der Waals surface area contributed by atoms with Crippen molar-refractivity contribution in [2.24, 2.45) is 0 Å². The summed E-state index contributed by atoms with van der Waals surface area (Å²) < 4.78 is 2.89. The summed E-state index contributed by atoms with van der Waals surface area (Å²) in [6.45, 7) is 4.02. The molecule has 0 radical (unpaired) electrons. The molecule has 1 aromatic rings. The number of aliphatic hydroxyl groups is 1. The van der Waals surface area contributed by atoms with Gasteiger partial charge in [0.15, 0.2) is 0 Å². The van der Waals surface area contributed by atoms with Crippen LogP contribution in [0, 0.1) is 0 Å². The Balaban J connectivity index is 2.18. The fourth-order valence-corrected chi connectivity index (χ4v) is 2.63. The van der Waals surface area contributed by atoms with Crippen LogP contribution in [0.15, 0.2) is 16.7 Å². The fourth-order valence-electron chi connectivity index (χ4n) is 2.17. The van der Waals surface area contributed by atoms with E-state index in [0.717, 1.165) is 17.4 Å². The van der Waals surface area contributed by atoms with Crippen LogP contribution in [0.25, 0.3) is 0 Å². The van der Waals surface area contributed by atoms with Crippen molar-refractivity contribution in [1.29, 1.82) is 0 Å². The highest BCUT2D eigenvalue weighted by Crippen LogP contribution is 2.19. The number of halogens is 1. The maximum atomic E-state index is 12.3. The fraction of sp³-hybridized carbons (Fsp3) is 0.583. The van der Waals surface area contributed by atoms with Crippen molar-refractivity contribution >= 4 is 21.8 Å². The van der Waals surface area contributed by atoms with Crippen molar-refractivity contribution in [2.45, 2.75) is 32.4 Å². The molecule has 0 aliphatic carbocycles. The van der Waals surface area contributed by atoms with Gasteiger partial charge < -0.3 is 14.6 Å². The number of rotatable bonds is 3. The van der Waals surface area contributed by atoms with E-state index in [4.69, 9.17) is 0 Å². The van der Waals surface area contributed by atoms with Gasteiger partial charge in [0.1, 0.15) is 5.69 Å². The van der Waals surface area contributed by atoms with Crippen LogP contribution in [0.3, 0.4) is 0 Å². The third kappa shape index (κ3) is 2.72. The molecule has 1 fully saturated rings. The van der Waals surface area contributed by atoms with Crippen LogP contribution < -0.4 is 0 Å². The Hall–Kier alpha value is -0.810. The average Bonchev–Trinajstić information content (AvgIpc) is 2.85. The van der Waals surface area contributed by atoms with Gasteiger partial charge in [-0.2, -0.15) is 0 Å². The Bertz CT molecular complexity index is 417. The van der Waals surface area contributed by atoms with E-state index in [1.54, 1.807) is 4.90 Å². The Morgan fingerprint density at radius 1 is 1.65 bits per heavy atom. The van der Waals surface area contributed by atoms with Gasteiger partial charge in [0, 0.05) is 30.3 Å². The largest absolute Gasteiger partial charge is 0.391 e. The molecule has 0 aromatic carbocycles. The predicted molar refractivity (Wildman–Crippen MR) is 69.0 cm³/mol. The van der Waals surface area contributed by atoms with Gasteiger partial charge in [-0.3, -0.25) is 4.79 Å². The molecule has 2 rings (SSSR count). The number of carbonyl (C=O) groups excluding carboxylic acids is 1. The number of hydrogen-bond acceptors (Lipinski definition) is 2. The van der Waals surface area contributed by atoms with E-state index in [1.807, 2.05) is 16.8 Å². The lowest BCUT2D eigenvalue weighted by atomic mass is 10.3. The SMILES string of the molecule is CCCn1cc(Br)cc1C(=O)N1CCC(O)C1. The first-order valence-corrected chi connectivity index (χ1v) is 6.74. The van der Waals surface area contributed by atoms with Crippen molar-refractivity contribution in [1.82, 2.24) is 9.47 Å². The smallest absolute Gasteiger partial charge is 0.270 e. The van der Waals surface area contributed by atoms with Crippen molar-refractivity contribution in [3.8, 4) is 0 Å². The summed E-state index contributed by atoms with van der Waals surface area (Å²) in [7, 11) is 0. The van der Waals surface area contributed by atoms with Crippen LogP contribution in [0.4, 0.5) is 0 Å². The molecule has 1 amide bonds. The Kier molecular flexibility index (Phi) is 3.89. The van der Waals surface area contributed by atoms with Crippen molar-refractivity contribution in [3.05, 3.63) is 22.4 Å². The summed E-state index contributed by atoms with van der Waals surface area (Å²) >= 11 is 3.40.